The molecule has 3 aliphatic rings. The maximum absolute atomic E-state index is 13.1. The summed E-state index contributed by atoms with van der Waals surface area (Å²) in [5.41, 5.74) is 10.2. The molecule has 1 aliphatic carbocycles. The van der Waals surface area contributed by atoms with Crippen LogP contribution in [0, 0.1) is 5.92 Å². The topological polar surface area (TPSA) is 93.4 Å². The molecule has 1 fully saturated rings. The highest BCUT2D eigenvalue weighted by atomic mass is 16.5. The molecule has 3 N–H and O–H groups in total. The minimum atomic E-state index is -0.265. The minimum Gasteiger partial charge on any atom is -0.494 e. The summed E-state index contributed by atoms with van der Waals surface area (Å²) in [6, 6.07) is 8.08. The van der Waals surface area contributed by atoms with Crippen molar-refractivity contribution in [2.45, 2.75) is 64.7 Å². The van der Waals surface area contributed by atoms with Crippen molar-refractivity contribution in [2.75, 3.05) is 35.6 Å². The van der Waals surface area contributed by atoms with Crippen molar-refractivity contribution >= 4 is 23.4 Å². The Bertz CT molecular complexity index is 1090. The first-order valence-corrected chi connectivity index (χ1v) is 12.7. The van der Waals surface area contributed by atoms with E-state index in [9.17, 15) is 4.79 Å². The summed E-state index contributed by atoms with van der Waals surface area (Å²) in [5.74, 6) is 3.23. The van der Waals surface area contributed by atoms with E-state index in [1.807, 2.05) is 12.1 Å². The van der Waals surface area contributed by atoms with Gasteiger partial charge in [0, 0.05) is 42.3 Å². The molecule has 1 aromatic heterocycles. The van der Waals surface area contributed by atoms with Crippen LogP contribution in [0.15, 0.2) is 35.5 Å². The zero-order chi connectivity index (χ0) is 23.7. The Kier molecular flexibility index (Phi) is 6.44. The first-order valence-electron chi connectivity index (χ1n) is 12.7. The molecule has 1 atom stereocenters. The molecule has 180 valence electrons. The van der Waals surface area contributed by atoms with Gasteiger partial charge in [0.2, 0.25) is 5.95 Å². The summed E-state index contributed by atoms with van der Waals surface area (Å²) in [6.07, 6.45) is 6.81. The number of carbonyl (C=O) groups is 1. The number of carbonyl (C=O) groups excluding carboxylic acids is 1. The second-order valence-electron chi connectivity index (χ2n) is 10.0. The molecule has 0 bridgehead atoms. The number of aromatic nitrogens is 2. The van der Waals surface area contributed by atoms with E-state index < -0.39 is 0 Å². The number of piperidine rings is 1. The zero-order valence-corrected chi connectivity index (χ0v) is 20.3. The van der Waals surface area contributed by atoms with Crippen LogP contribution in [-0.4, -0.2) is 35.4 Å². The molecule has 0 unspecified atom stereocenters. The smallest absolute Gasteiger partial charge is 0.229 e. The number of allylic oxidation sites excluding steroid dienone is 2. The number of ketones is 1. The number of hydrogen-bond acceptors (Lipinski definition) is 7. The van der Waals surface area contributed by atoms with Gasteiger partial charge in [-0.2, -0.15) is 9.97 Å². The van der Waals surface area contributed by atoms with Gasteiger partial charge in [0.1, 0.15) is 17.4 Å². The van der Waals surface area contributed by atoms with Crippen LogP contribution < -0.4 is 20.7 Å². The second-order valence-corrected chi connectivity index (χ2v) is 10.0. The van der Waals surface area contributed by atoms with Gasteiger partial charge < -0.3 is 20.7 Å². The van der Waals surface area contributed by atoms with Crippen LogP contribution in [0.1, 0.15) is 75.8 Å². The highest BCUT2D eigenvalue weighted by Gasteiger charge is 2.38. The molecule has 3 heterocycles. The van der Waals surface area contributed by atoms with Crippen molar-refractivity contribution in [1.29, 1.82) is 0 Å². The fourth-order valence-electron chi connectivity index (χ4n) is 5.21. The van der Waals surface area contributed by atoms with E-state index >= 15 is 0 Å². The first-order chi connectivity index (χ1) is 16.5. The van der Waals surface area contributed by atoms with E-state index in [1.165, 1.54) is 6.42 Å². The molecule has 1 aromatic carbocycles. The molecule has 1 saturated heterocycles. The average molecular weight is 462 g/mol. The van der Waals surface area contributed by atoms with Crippen LogP contribution in [0.3, 0.4) is 0 Å². The van der Waals surface area contributed by atoms with E-state index in [0.717, 1.165) is 79.2 Å². The summed E-state index contributed by atoms with van der Waals surface area (Å²) < 4.78 is 5.92. The Hall–Kier alpha value is -3.09. The van der Waals surface area contributed by atoms with E-state index in [4.69, 9.17) is 20.4 Å². The molecule has 2 aliphatic heterocycles. The molecule has 0 amide bonds. The van der Waals surface area contributed by atoms with E-state index in [2.05, 4.69) is 36.2 Å². The number of ether oxygens (including phenoxy) is 1. The van der Waals surface area contributed by atoms with Crippen LogP contribution in [0.4, 0.5) is 17.6 Å². The quantitative estimate of drug-likeness (QED) is 0.622. The van der Waals surface area contributed by atoms with E-state index in [0.29, 0.717) is 30.7 Å². The number of nitrogen functional groups attached to an aromatic ring is 1. The Morgan fingerprint density at radius 1 is 1.09 bits per heavy atom. The Labute approximate surface area is 201 Å². The van der Waals surface area contributed by atoms with Gasteiger partial charge in [-0.05, 0) is 62.1 Å². The molecule has 7 nitrogen and oxygen atoms in total. The lowest BCUT2D eigenvalue weighted by Gasteiger charge is -2.35. The monoisotopic (exact) mass is 461 g/mol. The van der Waals surface area contributed by atoms with Gasteiger partial charge in [0.05, 0.1) is 6.61 Å². The molecular weight excluding hydrogens is 426 g/mol. The maximum Gasteiger partial charge on any atom is 0.229 e. The summed E-state index contributed by atoms with van der Waals surface area (Å²) in [5, 5.41) is 3.48. The average Bonchev–Trinajstić information content (AvgIpc) is 2.84. The van der Waals surface area contributed by atoms with Crippen molar-refractivity contribution in [1.82, 2.24) is 9.97 Å². The van der Waals surface area contributed by atoms with Crippen molar-refractivity contribution < 1.29 is 9.53 Å². The molecule has 5 rings (SSSR count). The third kappa shape index (κ3) is 4.48. The number of anilines is 3. The van der Waals surface area contributed by atoms with Crippen molar-refractivity contribution in [3.63, 3.8) is 0 Å². The fraction of sp³-hybridized carbons (Fsp3) is 0.519. The summed E-state index contributed by atoms with van der Waals surface area (Å²) >= 11 is 0. The lowest BCUT2D eigenvalue weighted by Crippen LogP contribution is -2.33. The Balaban J connectivity index is 1.51. The van der Waals surface area contributed by atoms with Crippen molar-refractivity contribution in [2.24, 2.45) is 5.92 Å². The number of nitrogens with zero attached hydrogens (tertiary/aromatic N) is 3. The van der Waals surface area contributed by atoms with Gasteiger partial charge in [-0.3, -0.25) is 4.79 Å². The lowest BCUT2D eigenvalue weighted by molar-refractivity contribution is -0.116. The number of benzene rings is 1. The minimum absolute atomic E-state index is 0.182. The SMILES string of the molecule is CC(C)CCOc1ccc([C@@H]2C3=C(CCCC3=O)Nc3nc(N4CCCCC4)nc(N)c32)cc1. The molecule has 0 saturated carbocycles. The molecular formula is C27H35N5O2. The van der Waals surface area contributed by atoms with Crippen molar-refractivity contribution in [3.8, 4) is 5.75 Å². The molecule has 0 spiro atoms. The van der Waals surface area contributed by atoms with Gasteiger partial charge in [-0.15, -0.1) is 0 Å². The molecule has 0 radical (unpaired) electrons. The van der Waals surface area contributed by atoms with E-state index in [1.54, 1.807) is 0 Å². The summed E-state index contributed by atoms with van der Waals surface area (Å²) in [6.45, 7) is 6.98. The number of nitrogens with one attached hydrogen (secondary N) is 1. The summed E-state index contributed by atoms with van der Waals surface area (Å²) in [4.78, 5) is 25.0. The third-order valence-corrected chi connectivity index (χ3v) is 7.08. The largest absolute Gasteiger partial charge is 0.494 e. The highest BCUT2D eigenvalue weighted by molar-refractivity contribution is 6.01. The Morgan fingerprint density at radius 2 is 1.85 bits per heavy atom. The van der Waals surface area contributed by atoms with Gasteiger partial charge in [0.15, 0.2) is 5.78 Å². The van der Waals surface area contributed by atoms with Gasteiger partial charge in [-0.25, -0.2) is 0 Å². The Morgan fingerprint density at radius 3 is 2.59 bits per heavy atom. The predicted molar refractivity (Wildman–Crippen MR) is 135 cm³/mol. The van der Waals surface area contributed by atoms with Crippen molar-refractivity contribution in [3.05, 3.63) is 46.7 Å². The molecule has 34 heavy (non-hydrogen) atoms. The molecule has 2 aromatic rings. The van der Waals surface area contributed by atoms with Gasteiger partial charge in [-0.1, -0.05) is 26.0 Å². The van der Waals surface area contributed by atoms with Crippen LogP contribution in [0.5, 0.6) is 5.75 Å². The third-order valence-electron chi connectivity index (χ3n) is 7.08. The van der Waals surface area contributed by atoms with Crippen LogP contribution in [0.2, 0.25) is 0 Å². The fourth-order valence-corrected chi connectivity index (χ4v) is 5.21. The van der Waals surface area contributed by atoms with Crippen LogP contribution in [0.25, 0.3) is 0 Å². The standard InChI is InChI=1S/C27H35N5O2/c1-17(2)13-16-34-19-11-9-18(10-12-19)22-23-20(7-6-8-21(23)33)29-26-24(22)25(28)30-27(31-26)32-14-4-3-5-15-32/h9-12,17,22H,3-8,13-16H2,1-2H3,(H3,28,29,30,31)/t22-/m1/s1. The number of Topliss-reactive ketones (excluding diaryl/α,β-unsaturated/α-hetero) is 1. The lowest BCUT2D eigenvalue weighted by atomic mass is 9.76. The normalized spacial score (nSPS) is 20.1. The number of fused-ring (bicyclic) bond motifs is 1. The maximum atomic E-state index is 13.1. The first kappa shape index (κ1) is 22.7. The number of hydrogen-bond donors (Lipinski definition) is 2. The second kappa shape index (κ2) is 9.65. The number of rotatable bonds is 6. The van der Waals surface area contributed by atoms with Gasteiger partial charge in [0.25, 0.3) is 0 Å². The summed E-state index contributed by atoms with van der Waals surface area (Å²) in [7, 11) is 0. The predicted octanol–water partition coefficient (Wildman–Crippen LogP) is 5.04. The molecule has 7 heteroatoms. The highest BCUT2D eigenvalue weighted by Crippen LogP contribution is 2.47. The van der Waals surface area contributed by atoms with Crippen LogP contribution in [-0.2, 0) is 4.79 Å². The van der Waals surface area contributed by atoms with Crippen LogP contribution >= 0.6 is 0 Å². The van der Waals surface area contributed by atoms with E-state index in [-0.39, 0.29) is 11.7 Å². The van der Waals surface area contributed by atoms with Gasteiger partial charge >= 0.3 is 0 Å². The number of nitrogens with two attached hydrogens (primary N) is 1. The zero-order valence-electron chi connectivity index (χ0n) is 20.3.